The molecule has 1 saturated heterocycles. The number of nitrogens with zero attached hydrogens (tertiary/aromatic N) is 1. The van der Waals surface area contributed by atoms with Gasteiger partial charge in [0.2, 0.25) is 10.0 Å². The number of hydrogen-bond donors (Lipinski definition) is 1. The monoisotopic (exact) mass is 312 g/mol. The number of benzene rings is 1. The number of hydrogen-bond acceptors (Lipinski definition) is 4. The van der Waals surface area contributed by atoms with Crippen LogP contribution in [-0.4, -0.2) is 44.6 Å². The molecule has 0 aromatic heterocycles. The molecular formula is C15H24N2O3S. The summed E-state index contributed by atoms with van der Waals surface area (Å²) in [7, 11) is -3.45. The van der Waals surface area contributed by atoms with Crippen LogP contribution in [0.5, 0.6) is 0 Å². The predicted molar refractivity (Wildman–Crippen MR) is 82.6 cm³/mol. The van der Waals surface area contributed by atoms with Gasteiger partial charge in [-0.15, -0.1) is 0 Å². The van der Waals surface area contributed by atoms with Gasteiger partial charge in [0, 0.05) is 12.6 Å². The van der Waals surface area contributed by atoms with Crippen molar-refractivity contribution in [2.24, 2.45) is 5.73 Å². The lowest BCUT2D eigenvalue weighted by atomic mass is 10.1. The third-order valence-electron chi connectivity index (χ3n) is 3.75. The molecule has 0 spiro atoms. The van der Waals surface area contributed by atoms with Gasteiger partial charge in [0.1, 0.15) is 0 Å². The number of rotatable bonds is 5. The van der Waals surface area contributed by atoms with Crippen LogP contribution in [0.15, 0.2) is 29.2 Å². The summed E-state index contributed by atoms with van der Waals surface area (Å²) in [5.41, 5.74) is 6.60. The van der Waals surface area contributed by atoms with Crippen LogP contribution in [0.25, 0.3) is 0 Å². The van der Waals surface area contributed by atoms with E-state index in [-0.39, 0.29) is 12.1 Å². The molecule has 1 aromatic carbocycles. The zero-order chi connectivity index (χ0) is 15.5. The van der Waals surface area contributed by atoms with E-state index in [9.17, 15) is 8.42 Å². The van der Waals surface area contributed by atoms with Crippen LogP contribution in [0.2, 0.25) is 0 Å². The van der Waals surface area contributed by atoms with Crippen molar-refractivity contribution in [3.8, 4) is 0 Å². The second-order valence-corrected chi connectivity index (χ2v) is 7.49. The average Bonchev–Trinajstić information content (AvgIpc) is 2.48. The lowest BCUT2D eigenvalue weighted by molar-refractivity contribution is -0.0170. The Kier molecular flexibility index (Phi) is 5.37. The predicted octanol–water partition coefficient (Wildman–Crippen LogP) is 1.38. The van der Waals surface area contributed by atoms with Gasteiger partial charge in [-0.25, -0.2) is 8.42 Å². The number of aryl methyl sites for hydroxylation is 1. The highest BCUT2D eigenvalue weighted by Crippen LogP contribution is 2.23. The van der Waals surface area contributed by atoms with E-state index in [1.807, 2.05) is 26.0 Å². The smallest absolute Gasteiger partial charge is 0.243 e. The number of sulfonamides is 1. The zero-order valence-corrected chi connectivity index (χ0v) is 13.5. The highest BCUT2D eigenvalue weighted by atomic mass is 32.2. The van der Waals surface area contributed by atoms with Crippen molar-refractivity contribution in [1.29, 1.82) is 0 Å². The van der Waals surface area contributed by atoms with Gasteiger partial charge in [-0.1, -0.05) is 12.1 Å². The maximum atomic E-state index is 12.7. The van der Waals surface area contributed by atoms with Crippen molar-refractivity contribution in [2.45, 2.75) is 43.7 Å². The van der Waals surface area contributed by atoms with Crippen LogP contribution in [0, 0.1) is 0 Å². The number of nitrogens with two attached hydrogens (primary N) is 1. The Morgan fingerprint density at radius 2 is 1.95 bits per heavy atom. The molecule has 118 valence electrons. The number of morpholine rings is 1. The maximum Gasteiger partial charge on any atom is 0.243 e. The fourth-order valence-corrected chi connectivity index (χ4v) is 4.17. The largest absolute Gasteiger partial charge is 0.375 e. The second kappa shape index (κ2) is 6.87. The van der Waals surface area contributed by atoms with Crippen LogP contribution >= 0.6 is 0 Å². The van der Waals surface area contributed by atoms with Crippen LogP contribution in [0.1, 0.15) is 25.8 Å². The molecule has 1 aliphatic heterocycles. The first-order valence-corrected chi connectivity index (χ1v) is 8.81. The summed E-state index contributed by atoms with van der Waals surface area (Å²) in [5.74, 6) is 0. The Morgan fingerprint density at radius 1 is 1.29 bits per heavy atom. The summed E-state index contributed by atoms with van der Waals surface area (Å²) < 4.78 is 32.5. The van der Waals surface area contributed by atoms with Crippen molar-refractivity contribution in [2.75, 3.05) is 19.7 Å². The highest BCUT2D eigenvalue weighted by molar-refractivity contribution is 7.89. The fraction of sp³-hybridized carbons (Fsp3) is 0.600. The fourth-order valence-electron chi connectivity index (χ4n) is 2.48. The van der Waals surface area contributed by atoms with Crippen molar-refractivity contribution in [3.63, 3.8) is 0 Å². The molecule has 1 fully saturated rings. The quantitative estimate of drug-likeness (QED) is 0.891. The summed E-state index contributed by atoms with van der Waals surface area (Å²) in [5, 5.41) is 0. The minimum absolute atomic E-state index is 0.0696. The molecule has 0 bridgehead atoms. The molecule has 2 N–H and O–H groups in total. The molecule has 2 atom stereocenters. The molecule has 1 heterocycles. The van der Waals surface area contributed by atoms with Gasteiger partial charge in [-0.05, 0) is 50.9 Å². The molecule has 0 radical (unpaired) electrons. The van der Waals surface area contributed by atoms with Gasteiger partial charge >= 0.3 is 0 Å². The molecule has 1 aliphatic rings. The highest BCUT2D eigenvalue weighted by Gasteiger charge is 2.33. The van der Waals surface area contributed by atoms with Crippen LogP contribution in [-0.2, 0) is 21.2 Å². The van der Waals surface area contributed by atoms with Crippen LogP contribution in [0.3, 0.4) is 0 Å². The lowest BCUT2D eigenvalue weighted by Crippen LogP contribution is -2.50. The first-order chi connectivity index (χ1) is 9.95. The molecule has 2 unspecified atom stereocenters. The Balaban J connectivity index is 2.18. The normalized spacial score (nSPS) is 24.1. The molecular weight excluding hydrogens is 288 g/mol. The van der Waals surface area contributed by atoms with Gasteiger partial charge < -0.3 is 10.5 Å². The van der Waals surface area contributed by atoms with E-state index in [1.54, 1.807) is 12.1 Å². The second-order valence-electron chi connectivity index (χ2n) is 5.60. The van der Waals surface area contributed by atoms with Crippen LogP contribution in [0.4, 0.5) is 0 Å². The van der Waals surface area contributed by atoms with E-state index < -0.39 is 10.0 Å². The molecule has 21 heavy (non-hydrogen) atoms. The summed E-state index contributed by atoms with van der Waals surface area (Å²) in [6, 6.07) is 6.99. The SMILES string of the molecule is CC1CN(S(=O)(=O)c2ccc(CCCN)cc2)C(C)CO1. The number of ether oxygens (including phenoxy) is 1. The standard InChI is InChI=1S/C15H24N2O3S/c1-12-11-20-13(2)10-17(12)21(18,19)15-7-5-14(6-8-15)4-3-9-16/h5-8,12-13H,3-4,9-11,16H2,1-2H3. The first-order valence-electron chi connectivity index (χ1n) is 7.37. The Labute approximate surface area is 127 Å². The molecule has 0 saturated carbocycles. The molecule has 0 aliphatic carbocycles. The summed E-state index contributed by atoms with van der Waals surface area (Å²) in [6.07, 6.45) is 1.71. The van der Waals surface area contributed by atoms with Gasteiger partial charge in [-0.2, -0.15) is 4.31 Å². The minimum Gasteiger partial charge on any atom is -0.375 e. The molecule has 1 aromatic rings. The summed E-state index contributed by atoms with van der Waals surface area (Å²) >= 11 is 0. The Morgan fingerprint density at radius 3 is 2.57 bits per heavy atom. The maximum absolute atomic E-state index is 12.7. The Bertz CT molecular complexity index is 557. The third kappa shape index (κ3) is 3.83. The third-order valence-corrected chi connectivity index (χ3v) is 5.74. The molecule has 0 amide bonds. The van der Waals surface area contributed by atoms with Gasteiger partial charge in [-0.3, -0.25) is 0 Å². The van der Waals surface area contributed by atoms with Crippen molar-refractivity contribution in [1.82, 2.24) is 4.31 Å². The zero-order valence-electron chi connectivity index (χ0n) is 12.7. The van der Waals surface area contributed by atoms with Gasteiger partial charge in [0.15, 0.2) is 0 Å². The summed E-state index contributed by atoms with van der Waals surface area (Å²) in [6.45, 7) is 5.25. The van der Waals surface area contributed by atoms with E-state index in [2.05, 4.69) is 0 Å². The topological polar surface area (TPSA) is 72.6 Å². The lowest BCUT2D eigenvalue weighted by Gasteiger charge is -2.35. The van der Waals surface area contributed by atoms with E-state index in [0.717, 1.165) is 18.4 Å². The first kappa shape index (κ1) is 16.4. The van der Waals surface area contributed by atoms with E-state index in [4.69, 9.17) is 10.5 Å². The Hall–Kier alpha value is -0.950. The van der Waals surface area contributed by atoms with E-state index >= 15 is 0 Å². The van der Waals surface area contributed by atoms with E-state index in [1.165, 1.54) is 4.31 Å². The van der Waals surface area contributed by atoms with Gasteiger partial charge in [0.25, 0.3) is 0 Å². The minimum atomic E-state index is -3.45. The van der Waals surface area contributed by atoms with Crippen molar-refractivity contribution < 1.29 is 13.2 Å². The van der Waals surface area contributed by atoms with Crippen molar-refractivity contribution in [3.05, 3.63) is 29.8 Å². The molecule has 2 rings (SSSR count). The molecule has 5 nitrogen and oxygen atoms in total. The van der Waals surface area contributed by atoms with Crippen LogP contribution < -0.4 is 5.73 Å². The molecule has 6 heteroatoms. The van der Waals surface area contributed by atoms with E-state index in [0.29, 0.717) is 24.6 Å². The average molecular weight is 312 g/mol. The van der Waals surface area contributed by atoms with Gasteiger partial charge in [0.05, 0.1) is 17.6 Å². The van der Waals surface area contributed by atoms with Crippen molar-refractivity contribution >= 4 is 10.0 Å². The summed E-state index contributed by atoms with van der Waals surface area (Å²) in [4.78, 5) is 0.347.